The van der Waals surface area contributed by atoms with Crippen LogP contribution < -0.4 is 0 Å². The number of hydrogen-bond acceptors (Lipinski definition) is 4. The summed E-state index contributed by atoms with van der Waals surface area (Å²) in [6.45, 7) is 1.49. The number of rotatable bonds is 3. The first kappa shape index (κ1) is 12.7. The molecule has 0 bridgehead atoms. The van der Waals surface area contributed by atoms with E-state index in [1.165, 1.54) is 6.92 Å². The van der Waals surface area contributed by atoms with Crippen LogP contribution in [0.4, 0.5) is 0 Å². The van der Waals surface area contributed by atoms with Gasteiger partial charge in [0, 0.05) is 10.9 Å². The molecule has 0 saturated heterocycles. The zero-order chi connectivity index (χ0) is 14.1. The van der Waals surface area contributed by atoms with E-state index in [0.717, 1.165) is 5.56 Å². The van der Waals surface area contributed by atoms with Crippen molar-refractivity contribution < 1.29 is 14.3 Å². The van der Waals surface area contributed by atoms with Crippen LogP contribution in [-0.2, 0) is 0 Å². The summed E-state index contributed by atoms with van der Waals surface area (Å²) in [4.78, 5) is 11.8. The maximum absolute atomic E-state index is 11.8. The molecule has 0 aliphatic rings. The van der Waals surface area contributed by atoms with E-state index in [1.54, 1.807) is 41.7 Å². The summed E-state index contributed by atoms with van der Waals surface area (Å²) >= 11 is 1.56. The van der Waals surface area contributed by atoms with Crippen molar-refractivity contribution in [3.63, 3.8) is 0 Å². The lowest BCUT2D eigenvalue weighted by Crippen LogP contribution is -1.91. The van der Waals surface area contributed by atoms with Crippen molar-refractivity contribution in [3.05, 3.63) is 52.7 Å². The molecule has 3 nitrogen and oxygen atoms in total. The molecule has 4 heteroatoms. The number of para-hydroxylation sites is 1. The van der Waals surface area contributed by atoms with E-state index in [2.05, 4.69) is 0 Å². The molecule has 0 aliphatic carbocycles. The van der Waals surface area contributed by atoms with Crippen molar-refractivity contribution in [1.82, 2.24) is 0 Å². The Morgan fingerprint density at radius 2 is 2.05 bits per heavy atom. The van der Waals surface area contributed by atoms with Crippen LogP contribution in [0.5, 0.6) is 5.75 Å². The smallest absolute Gasteiger partial charge is 0.163 e. The number of ketones is 1. The normalized spacial score (nSPS) is 10.7. The van der Waals surface area contributed by atoms with Crippen molar-refractivity contribution >= 4 is 17.1 Å². The van der Waals surface area contributed by atoms with Crippen LogP contribution in [0.15, 0.2) is 51.6 Å². The first-order chi connectivity index (χ1) is 9.66. The highest BCUT2D eigenvalue weighted by molar-refractivity contribution is 7.08. The number of aromatic hydroxyl groups is 1. The Morgan fingerprint density at radius 1 is 1.25 bits per heavy atom. The summed E-state index contributed by atoms with van der Waals surface area (Å²) in [5, 5.41) is 13.8. The maximum Gasteiger partial charge on any atom is 0.163 e. The quantitative estimate of drug-likeness (QED) is 0.716. The lowest BCUT2D eigenvalue weighted by atomic mass is 10.1. The average molecular weight is 284 g/mol. The summed E-state index contributed by atoms with van der Waals surface area (Å²) in [5.74, 6) is 1.06. The molecule has 3 aromatic rings. The second-order valence-corrected chi connectivity index (χ2v) is 5.22. The minimum atomic E-state index is -0.0894. The Balaban J connectivity index is 2.20. The third-order valence-corrected chi connectivity index (χ3v) is 3.75. The fourth-order valence-electron chi connectivity index (χ4n) is 2.07. The van der Waals surface area contributed by atoms with Crippen LogP contribution in [0.1, 0.15) is 17.3 Å². The van der Waals surface area contributed by atoms with Gasteiger partial charge in [0.25, 0.3) is 0 Å². The van der Waals surface area contributed by atoms with Gasteiger partial charge in [0.05, 0.1) is 11.1 Å². The van der Waals surface area contributed by atoms with Crippen LogP contribution in [0.25, 0.3) is 22.6 Å². The van der Waals surface area contributed by atoms with Gasteiger partial charge in [-0.1, -0.05) is 12.1 Å². The van der Waals surface area contributed by atoms with E-state index in [9.17, 15) is 9.90 Å². The van der Waals surface area contributed by atoms with E-state index < -0.39 is 0 Å². The molecule has 0 unspecified atom stereocenters. The monoisotopic (exact) mass is 284 g/mol. The fraction of sp³-hybridized carbons (Fsp3) is 0.0625. The molecule has 1 aromatic carbocycles. The Bertz CT molecular complexity index is 754. The summed E-state index contributed by atoms with van der Waals surface area (Å²) in [5.41, 5.74) is 1.94. The van der Waals surface area contributed by atoms with Gasteiger partial charge in [-0.05, 0) is 36.6 Å². The highest BCUT2D eigenvalue weighted by Gasteiger charge is 2.19. The SMILES string of the molecule is CC(=O)c1cc(-c2ccsc2)oc1-c1ccccc1O. The minimum Gasteiger partial charge on any atom is -0.507 e. The summed E-state index contributed by atoms with van der Waals surface area (Å²) < 4.78 is 5.81. The molecule has 0 radical (unpaired) electrons. The Morgan fingerprint density at radius 3 is 2.70 bits per heavy atom. The molecule has 0 spiro atoms. The van der Waals surface area contributed by atoms with Gasteiger partial charge in [0.15, 0.2) is 5.78 Å². The Kier molecular flexibility index (Phi) is 3.16. The number of benzene rings is 1. The van der Waals surface area contributed by atoms with E-state index in [4.69, 9.17) is 4.42 Å². The van der Waals surface area contributed by atoms with Crippen LogP contribution in [0, 0.1) is 0 Å². The van der Waals surface area contributed by atoms with E-state index in [-0.39, 0.29) is 11.5 Å². The van der Waals surface area contributed by atoms with Gasteiger partial charge in [-0.3, -0.25) is 4.79 Å². The molecule has 3 rings (SSSR count). The molecule has 0 atom stereocenters. The first-order valence-corrected chi connectivity index (χ1v) is 7.07. The largest absolute Gasteiger partial charge is 0.507 e. The number of carbonyl (C=O) groups is 1. The van der Waals surface area contributed by atoms with Gasteiger partial charge in [0.1, 0.15) is 17.3 Å². The highest BCUT2D eigenvalue weighted by Crippen LogP contribution is 2.37. The third-order valence-electron chi connectivity index (χ3n) is 3.07. The molecule has 2 aromatic heterocycles. The van der Waals surface area contributed by atoms with Crippen molar-refractivity contribution in [2.75, 3.05) is 0 Å². The summed E-state index contributed by atoms with van der Waals surface area (Å²) in [6.07, 6.45) is 0. The number of furan rings is 1. The van der Waals surface area contributed by atoms with Gasteiger partial charge in [-0.15, -0.1) is 0 Å². The molecule has 0 saturated carbocycles. The van der Waals surface area contributed by atoms with E-state index >= 15 is 0 Å². The van der Waals surface area contributed by atoms with E-state index in [1.807, 2.05) is 16.8 Å². The summed E-state index contributed by atoms with van der Waals surface area (Å²) in [6, 6.07) is 10.5. The zero-order valence-electron chi connectivity index (χ0n) is 10.8. The van der Waals surface area contributed by atoms with Gasteiger partial charge in [0.2, 0.25) is 0 Å². The van der Waals surface area contributed by atoms with Gasteiger partial charge < -0.3 is 9.52 Å². The number of carbonyl (C=O) groups excluding carboxylic acids is 1. The molecule has 0 fully saturated rings. The number of Topliss-reactive ketones (excluding diaryl/α,β-unsaturated/α-hetero) is 1. The van der Waals surface area contributed by atoms with Crippen molar-refractivity contribution in [3.8, 4) is 28.4 Å². The fourth-order valence-corrected chi connectivity index (χ4v) is 2.71. The predicted octanol–water partition coefficient (Wildman–Crippen LogP) is 4.58. The zero-order valence-corrected chi connectivity index (χ0v) is 11.6. The third kappa shape index (κ3) is 2.14. The Hall–Kier alpha value is -2.33. The molecular weight excluding hydrogens is 272 g/mol. The molecule has 1 N–H and O–H groups in total. The second-order valence-electron chi connectivity index (χ2n) is 4.44. The van der Waals surface area contributed by atoms with Crippen molar-refractivity contribution in [2.45, 2.75) is 6.92 Å². The Labute approximate surface area is 120 Å². The van der Waals surface area contributed by atoms with Gasteiger partial charge in [-0.2, -0.15) is 11.3 Å². The summed E-state index contributed by atoms with van der Waals surface area (Å²) in [7, 11) is 0. The standard InChI is InChI=1S/C16H12O3S/c1-10(17)13-8-15(11-6-7-20-9-11)19-16(13)12-4-2-3-5-14(12)18/h2-9,18H,1H3. The first-order valence-electron chi connectivity index (χ1n) is 6.12. The van der Waals surface area contributed by atoms with Crippen molar-refractivity contribution in [1.29, 1.82) is 0 Å². The minimum absolute atomic E-state index is 0.0894. The highest BCUT2D eigenvalue weighted by atomic mass is 32.1. The average Bonchev–Trinajstić information content (AvgIpc) is 3.08. The van der Waals surface area contributed by atoms with Crippen molar-refractivity contribution in [2.24, 2.45) is 0 Å². The number of phenolic OH excluding ortho intramolecular Hbond substituents is 1. The maximum atomic E-state index is 11.8. The van der Waals surface area contributed by atoms with Crippen LogP contribution in [0.3, 0.4) is 0 Å². The van der Waals surface area contributed by atoms with Crippen LogP contribution in [-0.4, -0.2) is 10.9 Å². The van der Waals surface area contributed by atoms with Crippen LogP contribution >= 0.6 is 11.3 Å². The topological polar surface area (TPSA) is 50.4 Å². The number of thiophene rings is 1. The second kappa shape index (κ2) is 4.98. The van der Waals surface area contributed by atoms with Gasteiger partial charge in [-0.25, -0.2) is 0 Å². The molecule has 20 heavy (non-hydrogen) atoms. The predicted molar refractivity (Wildman–Crippen MR) is 79.1 cm³/mol. The lowest BCUT2D eigenvalue weighted by molar-refractivity contribution is 0.101. The lowest BCUT2D eigenvalue weighted by Gasteiger charge is -2.02. The number of phenols is 1. The van der Waals surface area contributed by atoms with Crippen LogP contribution in [0.2, 0.25) is 0 Å². The molecule has 0 amide bonds. The molecule has 2 heterocycles. The molecule has 100 valence electrons. The molecule has 0 aliphatic heterocycles. The molecular formula is C16H12O3S. The van der Waals surface area contributed by atoms with E-state index in [0.29, 0.717) is 22.6 Å². The van der Waals surface area contributed by atoms with Gasteiger partial charge >= 0.3 is 0 Å². The number of hydrogen-bond donors (Lipinski definition) is 1.